The van der Waals surface area contributed by atoms with Gasteiger partial charge >= 0.3 is 0 Å². The number of likely N-dealkylation sites (N-methyl/N-ethyl adjacent to an activating group) is 1. The highest BCUT2D eigenvalue weighted by molar-refractivity contribution is 14.0. The molecular weight excluding hydrogens is 363 g/mol. The summed E-state index contributed by atoms with van der Waals surface area (Å²) in [6, 6.07) is 0. The quantitative estimate of drug-likeness (QED) is 0.427. The number of hydrogen-bond acceptors (Lipinski definition) is 2. The minimum absolute atomic E-state index is 0. The molecule has 0 bridgehead atoms. The molecule has 0 aliphatic heterocycles. The van der Waals surface area contributed by atoms with E-state index < -0.39 is 0 Å². The monoisotopic (exact) mass is 396 g/mol. The van der Waals surface area contributed by atoms with Crippen LogP contribution in [0, 0.1) is 5.92 Å². The largest absolute Gasteiger partial charge is 0.356 e. The predicted octanol–water partition coefficient (Wildman–Crippen LogP) is 2.69. The summed E-state index contributed by atoms with van der Waals surface area (Å²) in [5.74, 6) is 1.75. The fraction of sp³-hybridized carbons (Fsp3) is 0.933. The Morgan fingerprint density at radius 2 is 2.05 bits per heavy atom. The molecule has 0 aromatic heterocycles. The number of aliphatic imine (C=N–C) groups is 1. The van der Waals surface area contributed by atoms with Crippen molar-refractivity contribution in [3.63, 3.8) is 0 Å². The lowest BCUT2D eigenvalue weighted by molar-refractivity contribution is 0.0796. The number of halogens is 1. The lowest BCUT2D eigenvalue weighted by Crippen LogP contribution is -2.56. The first-order valence-electron chi connectivity index (χ1n) is 7.66. The summed E-state index contributed by atoms with van der Waals surface area (Å²) in [6.45, 7) is 6.50. The van der Waals surface area contributed by atoms with Crippen molar-refractivity contribution in [2.45, 2.75) is 51.5 Å². The minimum Gasteiger partial charge on any atom is -0.356 e. The fourth-order valence-corrected chi connectivity index (χ4v) is 3.07. The van der Waals surface area contributed by atoms with Gasteiger partial charge in [0.25, 0.3) is 0 Å². The average Bonchev–Trinajstić information content (AvgIpc) is 2.39. The molecule has 2 unspecified atom stereocenters. The van der Waals surface area contributed by atoms with Crippen LogP contribution in [0.2, 0.25) is 0 Å². The molecule has 0 amide bonds. The van der Waals surface area contributed by atoms with Crippen LogP contribution in [0.15, 0.2) is 4.99 Å². The van der Waals surface area contributed by atoms with Crippen molar-refractivity contribution < 1.29 is 0 Å². The summed E-state index contributed by atoms with van der Waals surface area (Å²) in [4.78, 5) is 6.70. The molecule has 1 rings (SSSR count). The molecule has 4 nitrogen and oxygen atoms in total. The van der Waals surface area contributed by atoms with E-state index in [1.165, 1.54) is 25.7 Å². The second-order valence-corrected chi connectivity index (χ2v) is 6.17. The van der Waals surface area contributed by atoms with Crippen LogP contribution < -0.4 is 10.6 Å². The van der Waals surface area contributed by atoms with Gasteiger partial charge in [0.05, 0.1) is 0 Å². The third-order valence-electron chi connectivity index (χ3n) is 4.37. The summed E-state index contributed by atoms with van der Waals surface area (Å²) in [6.07, 6.45) is 6.39. The number of nitrogens with zero attached hydrogens (tertiary/aromatic N) is 2. The van der Waals surface area contributed by atoms with Gasteiger partial charge in [-0.25, -0.2) is 0 Å². The first-order valence-corrected chi connectivity index (χ1v) is 7.66. The number of nitrogens with one attached hydrogen (secondary N) is 2. The van der Waals surface area contributed by atoms with Crippen LogP contribution >= 0.6 is 24.0 Å². The van der Waals surface area contributed by atoms with Gasteiger partial charge in [-0.1, -0.05) is 26.7 Å². The van der Waals surface area contributed by atoms with Crippen molar-refractivity contribution in [3.05, 3.63) is 0 Å². The van der Waals surface area contributed by atoms with Gasteiger partial charge in [0.1, 0.15) is 0 Å². The summed E-state index contributed by atoms with van der Waals surface area (Å²) in [5.41, 5.74) is 0.279. The third-order valence-corrected chi connectivity index (χ3v) is 4.37. The van der Waals surface area contributed by atoms with Gasteiger partial charge in [-0.3, -0.25) is 4.99 Å². The zero-order valence-corrected chi connectivity index (χ0v) is 16.2. The van der Waals surface area contributed by atoms with Crippen LogP contribution in [0.25, 0.3) is 0 Å². The Bertz CT molecular complexity index is 294. The predicted molar refractivity (Wildman–Crippen MR) is 99.1 cm³/mol. The molecule has 1 aliphatic rings. The van der Waals surface area contributed by atoms with Crippen LogP contribution in [-0.4, -0.2) is 50.6 Å². The Kier molecular flexibility index (Phi) is 9.80. The smallest absolute Gasteiger partial charge is 0.191 e. The standard InChI is InChI=1S/C15H32N4.HI/c1-6-10-17-14(16-3)18-12-15(19(4)5)9-7-8-13(2)11-15;/h13H,6-12H2,1-5H3,(H2,16,17,18);1H. The van der Waals surface area contributed by atoms with Crippen LogP contribution in [0.3, 0.4) is 0 Å². The molecule has 20 heavy (non-hydrogen) atoms. The normalized spacial score (nSPS) is 27.1. The third kappa shape index (κ3) is 5.76. The highest BCUT2D eigenvalue weighted by Crippen LogP contribution is 2.35. The molecule has 0 radical (unpaired) electrons. The van der Waals surface area contributed by atoms with Gasteiger partial charge in [0.2, 0.25) is 0 Å². The van der Waals surface area contributed by atoms with Gasteiger partial charge in [0, 0.05) is 25.7 Å². The Morgan fingerprint density at radius 1 is 1.35 bits per heavy atom. The maximum Gasteiger partial charge on any atom is 0.191 e. The highest BCUT2D eigenvalue weighted by atomic mass is 127. The zero-order valence-electron chi connectivity index (χ0n) is 13.8. The molecule has 1 aliphatic carbocycles. The zero-order chi connectivity index (χ0) is 14.3. The molecule has 2 atom stereocenters. The van der Waals surface area contributed by atoms with E-state index in [4.69, 9.17) is 0 Å². The Morgan fingerprint density at radius 3 is 2.55 bits per heavy atom. The van der Waals surface area contributed by atoms with E-state index in [1.54, 1.807) is 0 Å². The minimum atomic E-state index is 0. The van der Waals surface area contributed by atoms with Crippen molar-refractivity contribution in [2.24, 2.45) is 10.9 Å². The van der Waals surface area contributed by atoms with E-state index in [1.807, 2.05) is 7.05 Å². The summed E-state index contributed by atoms with van der Waals surface area (Å²) in [5, 5.41) is 6.86. The Balaban J connectivity index is 0.00000361. The van der Waals surface area contributed by atoms with Gasteiger partial charge in [-0.05, 0) is 39.3 Å². The lowest BCUT2D eigenvalue weighted by atomic mass is 9.75. The first-order chi connectivity index (χ1) is 9.04. The lowest BCUT2D eigenvalue weighted by Gasteiger charge is -2.45. The topological polar surface area (TPSA) is 39.7 Å². The molecule has 120 valence electrons. The molecular formula is C15H33IN4. The average molecular weight is 396 g/mol. The fourth-order valence-electron chi connectivity index (χ4n) is 3.07. The first kappa shape index (κ1) is 20.0. The van der Waals surface area contributed by atoms with Crippen molar-refractivity contribution in [1.82, 2.24) is 15.5 Å². The number of guanidine groups is 1. The summed E-state index contributed by atoms with van der Waals surface area (Å²) in [7, 11) is 6.26. The SMILES string of the molecule is CCCNC(=NC)NCC1(N(C)C)CCCC(C)C1.I. The molecule has 0 saturated heterocycles. The van der Waals surface area contributed by atoms with Gasteiger partial charge < -0.3 is 15.5 Å². The summed E-state index contributed by atoms with van der Waals surface area (Å²) < 4.78 is 0. The molecule has 5 heteroatoms. The summed E-state index contributed by atoms with van der Waals surface area (Å²) >= 11 is 0. The second-order valence-electron chi connectivity index (χ2n) is 6.17. The van der Waals surface area contributed by atoms with Crippen molar-refractivity contribution in [1.29, 1.82) is 0 Å². The van der Waals surface area contributed by atoms with Gasteiger partial charge in [-0.2, -0.15) is 0 Å². The van der Waals surface area contributed by atoms with E-state index >= 15 is 0 Å². The number of rotatable bonds is 5. The second kappa shape index (κ2) is 9.82. The Labute approximate surface area is 142 Å². The molecule has 2 N–H and O–H groups in total. The van der Waals surface area contributed by atoms with Crippen LogP contribution in [0.5, 0.6) is 0 Å². The number of hydrogen-bond donors (Lipinski definition) is 2. The van der Waals surface area contributed by atoms with Crippen molar-refractivity contribution in [3.8, 4) is 0 Å². The highest BCUT2D eigenvalue weighted by Gasteiger charge is 2.36. The molecule has 0 aromatic carbocycles. The van der Waals surface area contributed by atoms with Crippen molar-refractivity contribution >= 4 is 29.9 Å². The molecule has 0 spiro atoms. The van der Waals surface area contributed by atoms with E-state index in [9.17, 15) is 0 Å². The molecule has 0 aromatic rings. The molecule has 1 saturated carbocycles. The van der Waals surface area contributed by atoms with E-state index in [0.717, 1.165) is 31.4 Å². The maximum atomic E-state index is 4.30. The van der Waals surface area contributed by atoms with Gasteiger partial charge in [0.15, 0.2) is 5.96 Å². The maximum absolute atomic E-state index is 4.30. The Hall–Kier alpha value is -0.0400. The van der Waals surface area contributed by atoms with Crippen LogP contribution in [0.1, 0.15) is 46.0 Å². The van der Waals surface area contributed by atoms with E-state index in [0.29, 0.717) is 0 Å². The van der Waals surface area contributed by atoms with Crippen LogP contribution in [-0.2, 0) is 0 Å². The van der Waals surface area contributed by atoms with E-state index in [2.05, 4.69) is 48.5 Å². The molecule has 1 fully saturated rings. The van der Waals surface area contributed by atoms with Crippen molar-refractivity contribution in [2.75, 3.05) is 34.2 Å². The molecule has 0 heterocycles. The van der Waals surface area contributed by atoms with Crippen LogP contribution in [0.4, 0.5) is 0 Å². The van der Waals surface area contributed by atoms with Gasteiger partial charge in [-0.15, -0.1) is 24.0 Å². The van der Waals surface area contributed by atoms with E-state index in [-0.39, 0.29) is 29.5 Å².